The predicted molar refractivity (Wildman–Crippen MR) is 91.4 cm³/mol. The fourth-order valence-electron chi connectivity index (χ4n) is 3.01. The number of hydrogen-bond donors (Lipinski definition) is 2. The van der Waals surface area contributed by atoms with Crippen molar-refractivity contribution in [2.24, 2.45) is 5.92 Å². The Morgan fingerprint density at radius 2 is 2.00 bits per heavy atom. The van der Waals surface area contributed by atoms with E-state index in [9.17, 15) is 9.18 Å². The van der Waals surface area contributed by atoms with E-state index in [4.69, 9.17) is 0 Å². The molecule has 126 valence electrons. The van der Waals surface area contributed by atoms with Crippen LogP contribution in [0, 0.1) is 5.92 Å². The average molecular weight is 319 g/mol. The van der Waals surface area contributed by atoms with Crippen LogP contribution >= 0.6 is 0 Å². The van der Waals surface area contributed by atoms with Crippen molar-refractivity contribution in [3.05, 3.63) is 41.9 Å². The van der Waals surface area contributed by atoms with Crippen LogP contribution in [-0.2, 0) is 4.79 Å². The summed E-state index contributed by atoms with van der Waals surface area (Å²) in [6.07, 6.45) is 2.34. The molecular weight excluding hydrogens is 293 g/mol. The minimum atomic E-state index is -1.09. The van der Waals surface area contributed by atoms with Gasteiger partial charge in [-0.05, 0) is 36.8 Å². The van der Waals surface area contributed by atoms with Crippen molar-refractivity contribution in [2.75, 3.05) is 12.4 Å². The monoisotopic (exact) mass is 319 g/mol. The molecule has 0 aromatic heterocycles. The number of halogens is 1. The minimum Gasteiger partial charge on any atom is -0.324 e. The van der Waals surface area contributed by atoms with Crippen LogP contribution < -0.4 is 10.7 Å². The van der Waals surface area contributed by atoms with Crippen LogP contribution in [0.2, 0.25) is 0 Å². The van der Waals surface area contributed by atoms with Crippen molar-refractivity contribution < 1.29 is 9.18 Å². The molecule has 5 heteroatoms. The van der Waals surface area contributed by atoms with Gasteiger partial charge in [0, 0.05) is 18.8 Å². The highest BCUT2D eigenvalue weighted by Crippen LogP contribution is 2.30. The minimum absolute atomic E-state index is 0.277. The van der Waals surface area contributed by atoms with E-state index in [2.05, 4.69) is 31.5 Å². The molecule has 2 atom stereocenters. The summed E-state index contributed by atoms with van der Waals surface area (Å²) in [7, 11) is 1.54. The third-order valence-electron chi connectivity index (χ3n) is 4.16. The summed E-state index contributed by atoms with van der Waals surface area (Å²) in [4.78, 5) is 12.6. The molecule has 0 saturated carbocycles. The number of carbonyl (C=O) groups excluding carboxylic acids is 1. The maximum Gasteiger partial charge on any atom is 0.250 e. The lowest BCUT2D eigenvalue weighted by atomic mass is 9.90. The number of anilines is 1. The number of rotatable bonds is 5. The number of carbonyl (C=O) groups is 1. The van der Waals surface area contributed by atoms with Gasteiger partial charge in [0.2, 0.25) is 11.9 Å². The molecule has 0 spiro atoms. The molecule has 1 aromatic rings. The molecule has 2 N–H and O–H groups in total. The molecule has 1 amide bonds. The SMILES string of the molecule is CC(C)CC(C)c1ccccc1NC(=O)C1(C)C=C(F)N(C)N1. The Morgan fingerprint density at radius 1 is 1.35 bits per heavy atom. The van der Waals surface area contributed by atoms with Gasteiger partial charge in [-0.2, -0.15) is 4.39 Å². The third-order valence-corrected chi connectivity index (χ3v) is 4.16. The molecule has 1 aromatic carbocycles. The standard InChI is InChI=1S/C18H26FN3O/c1-12(2)10-13(3)14-8-6-7-9-15(14)20-17(23)18(4)11-16(19)22(5)21-18/h6-9,11-13,21H,10H2,1-5H3,(H,20,23). The quantitative estimate of drug-likeness (QED) is 0.812. The van der Waals surface area contributed by atoms with Crippen LogP contribution in [0.15, 0.2) is 36.3 Å². The van der Waals surface area contributed by atoms with Gasteiger partial charge in [0.05, 0.1) is 0 Å². The average Bonchev–Trinajstić information content (AvgIpc) is 2.73. The summed E-state index contributed by atoms with van der Waals surface area (Å²) in [6.45, 7) is 8.19. The highest BCUT2D eigenvalue weighted by Gasteiger charge is 2.39. The van der Waals surface area contributed by atoms with Crippen molar-refractivity contribution >= 4 is 11.6 Å². The second-order valence-electron chi connectivity index (χ2n) is 6.91. The number of benzene rings is 1. The van der Waals surface area contributed by atoms with Crippen molar-refractivity contribution in [1.82, 2.24) is 10.4 Å². The van der Waals surface area contributed by atoms with Crippen molar-refractivity contribution in [2.45, 2.75) is 45.6 Å². The first-order valence-electron chi connectivity index (χ1n) is 8.03. The molecule has 4 nitrogen and oxygen atoms in total. The van der Waals surface area contributed by atoms with E-state index < -0.39 is 11.5 Å². The van der Waals surface area contributed by atoms with E-state index in [1.54, 1.807) is 14.0 Å². The summed E-state index contributed by atoms with van der Waals surface area (Å²) in [5.74, 6) is 0.185. The van der Waals surface area contributed by atoms with E-state index in [1.807, 2.05) is 24.3 Å². The van der Waals surface area contributed by atoms with Gasteiger partial charge in [-0.25, -0.2) is 5.43 Å². The smallest absolute Gasteiger partial charge is 0.250 e. The van der Waals surface area contributed by atoms with Crippen LogP contribution in [0.1, 0.15) is 45.6 Å². The third kappa shape index (κ3) is 3.91. The van der Waals surface area contributed by atoms with Gasteiger partial charge < -0.3 is 5.32 Å². The number of para-hydroxylation sites is 1. The summed E-state index contributed by atoms with van der Waals surface area (Å²) in [5, 5.41) is 4.16. The van der Waals surface area contributed by atoms with Crippen LogP contribution in [0.3, 0.4) is 0 Å². The Morgan fingerprint density at radius 3 is 2.57 bits per heavy atom. The maximum absolute atomic E-state index is 13.6. The number of nitrogens with one attached hydrogen (secondary N) is 2. The van der Waals surface area contributed by atoms with Gasteiger partial charge in [-0.15, -0.1) is 0 Å². The van der Waals surface area contributed by atoms with E-state index >= 15 is 0 Å². The van der Waals surface area contributed by atoms with Gasteiger partial charge >= 0.3 is 0 Å². The van der Waals surface area contributed by atoms with E-state index in [1.165, 1.54) is 11.1 Å². The number of amides is 1. The van der Waals surface area contributed by atoms with Gasteiger partial charge in [0.25, 0.3) is 0 Å². The Labute approximate surface area is 137 Å². The van der Waals surface area contributed by atoms with Crippen molar-refractivity contribution in [1.29, 1.82) is 0 Å². The number of nitrogens with zero attached hydrogens (tertiary/aromatic N) is 1. The molecule has 0 fully saturated rings. The first-order chi connectivity index (χ1) is 10.7. The number of hydrazine groups is 1. The Balaban J connectivity index is 2.19. The van der Waals surface area contributed by atoms with Gasteiger partial charge in [-0.3, -0.25) is 9.80 Å². The summed E-state index contributed by atoms with van der Waals surface area (Å²) < 4.78 is 13.6. The number of hydrogen-bond acceptors (Lipinski definition) is 3. The molecule has 0 aliphatic carbocycles. The first kappa shape index (κ1) is 17.5. The van der Waals surface area contributed by atoms with Gasteiger partial charge in [0.1, 0.15) is 5.54 Å². The zero-order chi connectivity index (χ0) is 17.2. The van der Waals surface area contributed by atoms with E-state index in [0.717, 1.165) is 17.7 Å². The predicted octanol–water partition coefficient (Wildman–Crippen LogP) is 3.79. The van der Waals surface area contributed by atoms with Gasteiger partial charge in [-0.1, -0.05) is 39.0 Å². The molecule has 0 radical (unpaired) electrons. The highest BCUT2D eigenvalue weighted by molar-refractivity contribution is 6.00. The summed E-state index contributed by atoms with van der Waals surface area (Å²) in [5.41, 5.74) is 3.64. The largest absolute Gasteiger partial charge is 0.324 e. The summed E-state index contributed by atoms with van der Waals surface area (Å²) >= 11 is 0. The Kier molecular flexibility index (Phi) is 5.09. The first-order valence-corrected chi connectivity index (χ1v) is 8.03. The normalized spacial score (nSPS) is 22.2. The molecule has 1 aliphatic heterocycles. The molecule has 23 heavy (non-hydrogen) atoms. The fraction of sp³-hybridized carbons (Fsp3) is 0.500. The molecule has 2 unspecified atom stereocenters. The van der Waals surface area contributed by atoms with Crippen LogP contribution in [-0.4, -0.2) is 23.5 Å². The van der Waals surface area contributed by atoms with Crippen LogP contribution in [0.5, 0.6) is 0 Å². The molecule has 0 bridgehead atoms. The van der Waals surface area contributed by atoms with Crippen LogP contribution in [0.25, 0.3) is 0 Å². The Hall–Kier alpha value is -1.88. The van der Waals surface area contributed by atoms with E-state index in [-0.39, 0.29) is 5.91 Å². The molecule has 1 aliphatic rings. The molecule has 0 saturated heterocycles. The lowest BCUT2D eigenvalue weighted by Crippen LogP contribution is -2.51. The fourth-order valence-corrected chi connectivity index (χ4v) is 3.01. The molecule has 1 heterocycles. The second kappa shape index (κ2) is 6.71. The highest BCUT2D eigenvalue weighted by atomic mass is 19.1. The summed E-state index contributed by atoms with van der Waals surface area (Å²) in [6, 6.07) is 7.81. The Bertz CT molecular complexity index is 614. The molecule has 2 rings (SSSR count). The zero-order valence-corrected chi connectivity index (χ0v) is 14.5. The van der Waals surface area contributed by atoms with Crippen LogP contribution in [0.4, 0.5) is 10.1 Å². The zero-order valence-electron chi connectivity index (χ0n) is 14.5. The van der Waals surface area contributed by atoms with Gasteiger partial charge in [0.15, 0.2) is 0 Å². The lowest BCUT2D eigenvalue weighted by Gasteiger charge is -2.25. The topological polar surface area (TPSA) is 44.4 Å². The molecular formula is C18H26FN3O. The lowest BCUT2D eigenvalue weighted by molar-refractivity contribution is -0.120. The van der Waals surface area contributed by atoms with E-state index in [0.29, 0.717) is 11.8 Å². The van der Waals surface area contributed by atoms with Crippen molar-refractivity contribution in [3.8, 4) is 0 Å². The van der Waals surface area contributed by atoms with Crippen molar-refractivity contribution in [3.63, 3.8) is 0 Å². The maximum atomic E-state index is 13.6. The second-order valence-corrected chi connectivity index (χ2v) is 6.91.